The molecule has 0 aliphatic carbocycles. The number of hydrogen-bond acceptors (Lipinski definition) is 4. The molecule has 1 heterocycles. The third-order valence-electron chi connectivity index (χ3n) is 3.84. The summed E-state index contributed by atoms with van der Waals surface area (Å²) in [5.41, 5.74) is 1.73. The predicted octanol–water partition coefficient (Wildman–Crippen LogP) is 1.91. The van der Waals surface area contributed by atoms with Crippen LogP contribution < -0.4 is 10.2 Å². The fraction of sp³-hybridized carbons (Fsp3) is 0.625. The molecule has 2 rings (SSSR count). The van der Waals surface area contributed by atoms with Gasteiger partial charge in [-0.05, 0) is 31.0 Å². The van der Waals surface area contributed by atoms with E-state index in [1.165, 1.54) is 6.07 Å². The number of hydrogen-bond donors (Lipinski definition) is 2. The lowest BCUT2D eigenvalue weighted by atomic mass is 10.0. The maximum absolute atomic E-state index is 14.2. The molecule has 0 amide bonds. The van der Waals surface area contributed by atoms with Crippen LogP contribution in [0, 0.1) is 5.82 Å². The average molecular weight is 296 g/mol. The van der Waals surface area contributed by atoms with Crippen LogP contribution in [0.2, 0.25) is 0 Å². The maximum atomic E-state index is 14.2. The smallest absolute Gasteiger partial charge is 0.146 e. The van der Waals surface area contributed by atoms with Crippen LogP contribution >= 0.6 is 0 Å². The summed E-state index contributed by atoms with van der Waals surface area (Å²) in [5, 5.41) is 12.1. The highest BCUT2D eigenvalue weighted by Crippen LogP contribution is 2.28. The molecule has 2 N–H and O–H groups in total. The second-order valence-electron chi connectivity index (χ2n) is 5.31. The van der Waals surface area contributed by atoms with Crippen LogP contribution in [0.25, 0.3) is 0 Å². The van der Waals surface area contributed by atoms with Gasteiger partial charge in [-0.25, -0.2) is 4.39 Å². The summed E-state index contributed by atoms with van der Waals surface area (Å²) in [5.74, 6) is -0.153. The maximum Gasteiger partial charge on any atom is 0.146 e. The number of halogens is 1. The highest BCUT2D eigenvalue weighted by molar-refractivity contribution is 5.55. The van der Waals surface area contributed by atoms with E-state index < -0.39 is 0 Å². The Kier molecular flexibility index (Phi) is 6.42. The molecule has 1 fully saturated rings. The van der Waals surface area contributed by atoms with Crippen LogP contribution in [0.1, 0.15) is 25.3 Å². The summed E-state index contributed by atoms with van der Waals surface area (Å²) in [6, 6.07) is 5.27. The molecule has 118 valence electrons. The molecule has 0 spiro atoms. The molecule has 1 aromatic rings. The van der Waals surface area contributed by atoms with Crippen LogP contribution in [0.15, 0.2) is 18.2 Å². The first-order valence-electron chi connectivity index (χ1n) is 7.71. The predicted molar refractivity (Wildman–Crippen MR) is 82.1 cm³/mol. The molecule has 1 aliphatic heterocycles. The van der Waals surface area contributed by atoms with E-state index in [2.05, 4.69) is 10.2 Å². The van der Waals surface area contributed by atoms with Gasteiger partial charge in [0.15, 0.2) is 0 Å². The molecule has 0 saturated carbocycles. The number of rotatable bonds is 7. The van der Waals surface area contributed by atoms with Crippen molar-refractivity contribution >= 4 is 5.69 Å². The van der Waals surface area contributed by atoms with Crippen molar-refractivity contribution in [2.24, 2.45) is 0 Å². The number of ether oxygens (including phenoxy) is 1. The van der Waals surface area contributed by atoms with Crippen LogP contribution in [-0.4, -0.2) is 44.1 Å². The Morgan fingerprint density at radius 3 is 2.81 bits per heavy atom. The zero-order valence-corrected chi connectivity index (χ0v) is 12.6. The average Bonchev–Trinajstić information content (AvgIpc) is 2.51. The molecular weight excluding hydrogens is 271 g/mol. The summed E-state index contributed by atoms with van der Waals surface area (Å²) in [7, 11) is 0. The third-order valence-corrected chi connectivity index (χ3v) is 3.84. The van der Waals surface area contributed by atoms with Gasteiger partial charge in [0, 0.05) is 19.6 Å². The molecule has 0 bridgehead atoms. The Balaban J connectivity index is 2.02. The van der Waals surface area contributed by atoms with Gasteiger partial charge >= 0.3 is 0 Å². The number of para-hydroxylation sites is 1. The Labute approximate surface area is 125 Å². The van der Waals surface area contributed by atoms with Crippen molar-refractivity contribution in [3.05, 3.63) is 29.6 Å². The van der Waals surface area contributed by atoms with Gasteiger partial charge in [0.05, 0.1) is 25.0 Å². The molecule has 4 nitrogen and oxygen atoms in total. The van der Waals surface area contributed by atoms with Gasteiger partial charge in [-0.15, -0.1) is 0 Å². The van der Waals surface area contributed by atoms with Gasteiger partial charge in [0.25, 0.3) is 0 Å². The van der Waals surface area contributed by atoms with Crippen LogP contribution in [0.5, 0.6) is 0 Å². The molecule has 1 aliphatic rings. The molecule has 0 aromatic heterocycles. The first kappa shape index (κ1) is 16.2. The lowest BCUT2D eigenvalue weighted by Gasteiger charge is -2.34. The summed E-state index contributed by atoms with van der Waals surface area (Å²) in [6.07, 6.45) is 1.92. The lowest BCUT2D eigenvalue weighted by Crippen LogP contribution is -2.38. The summed E-state index contributed by atoms with van der Waals surface area (Å²) < 4.78 is 19.8. The normalized spacial score (nSPS) is 16.4. The van der Waals surface area contributed by atoms with Crippen molar-refractivity contribution in [2.45, 2.75) is 32.4 Å². The molecular formula is C16H25FN2O2. The Bertz CT molecular complexity index is 434. The minimum absolute atomic E-state index is 0.0559. The fourth-order valence-electron chi connectivity index (χ4n) is 2.78. The van der Waals surface area contributed by atoms with Crippen molar-refractivity contribution in [3.8, 4) is 0 Å². The van der Waals surface area contributed by atoms with Crippen LogP contribution in [0.3, 0.4) is 0 Å². The largest absolute Gasteiger partial charge is 0.394 e. The molecule has 1 aromatic carbocycles. The fourth-order valence-corrected chi connectivity index (χ4v) is 2.78. The molecule has 0 radical (unpaired) electrons. The highest BCUT2D eigenvalue weighted by atomic mass is 19.1. The van der Waals surface area contributed by atoms with Crippen molar-refractivity contribution in [2.75, 3.05) is 37.7 Å². The first-order valence-corrected chi connectivity index (χ1v) is 7.71. The van der Waals surface area contributed by atoms with Crippen molar-refractivity contribution < 1.29 is 14.2 Å². The SMILES string of the molecule is CCNCc1cccc(F)c1N1CCC(OCCO)CC1. The van der Waals surface area contributed by atoms with Gasteiger partial charge < -0.3 is 20.1 Å². The number of aliphatic hydroxyl groups is 1. The van der Waals surface area contributed by atoms with E-state index >= 15 is 0 Å². The highest BCUT2D eigenvalue weighted by Gasteiger charge is 2.23. The second-order valence-corrected chi connectivity index (χ2v) is 5.31. The Morgan fingerprint density at radius 1 is 1.38 bits per heavy atom. The van der Waals surface area contributed by atoms with E-state index in [1.54, 1.807) is 6.07 Å². The number of nitrogens with one attached hydrogen (secondary N) is 1. The quantitative estimate of drug-likeness (QED) is 0.807. The number of anilines is 1. The topological polar surface area (TPSA) is 44.7 Å². The minimum atomic E-state index is -0.153. The number of nitrogens with zero attached hydrogens (tertiary/aromatic N) is 1. The van der Waals surface area contributed by atoms with Gasteiger partial charge in [-0.1, -0.05) is 19.1 Å². The summed E-state index contributed by atoms with van der Waals surface area (Å²) >= 11 is 0. The number of benzene rings is 1. The number of piperidine rings is 1. The van der Waals surface area contributed by atoms with Gasteiger partial charge in [0.1, 0.15) is 5.82 Å². The molecule has 21 heavy (non-hydrogen) atoms. The van der Waals surface area contributed by atoms with Gasteiger partial charge in [0.2, 0.25) is 0 Å². The van der Waals surface area contributed by atoms with Gasteiger partial charge in [-0.2, -0.15) is 0 Å². The zero-order chi connectivity index (χ0) is 15.1. The molecule has 5 heteroatoms. The van der Waals surface area contributed by atoms with Crippen LogP contribution in [-0.2, 0) is 11.3 Å². The summed E-state index contributed by atoms with van der Waals surface area (Å²) in [4.78, 5) is 2.11. The third kappa shape index (κ3) is 4.40. The van der Waals surface area contributed by atoms with E-state index in [-0.39, 0.29) is 18.5 Å². The van der Waals surface area contributed by atoms with E-state index in [4.69, 9.17) is 9.84 Å². The van der Waals surface area contributed by atoms with Crippen molar-refractivity contribution in [3.63, 3.8) is 0 Å². The van der Waals surface area contributed by atoms with E-state index in [1.807, 2.05) is 13.0 Å². The van der Waals surface area contributed by atoms with Crippen molar-refractivity contribution in [1.82, 2.24) is 5.32 Å². The first-order chi connectivity index (χ1) is 10.3. The molecule has 0 atom stereocenters. The van der Waals surface area contributed by atoms with E-state index in [9.17, 15) is 4.39 Å². The van der Waals surface area contributed by atoms with Crippen molar-refractivity contribution in [1.29, 1.82) is 0 Å². The summed E-state index contributed by atoms with van der Waals surface area (Å²) in [6.45, 7) is 5.61. The van der Waals surface area contributed by atoms with Crippen LogP contribution in [0.4, 0.5) is 10.1 Å². The Hall–Kier alpha value is -1.17. The molecule has 0 unspecified atom stereocenters. The Morgan fingerprint density at radius 2 is 2.14 bits per heavy atom. The van der Waals surface area contributed by atoms with E-state index in [0.717, 1.165) is 43.7 Å². The molecule has 1 saturated heterocycles. The lowest BCUT2D eigenvalue weighted by molar-refractivity contribution is 0.0158. The minimum Gasteiger partial charge on any atom is -0.394 e. The van der Waals surface area contributed by atoms with Gasteiger partial charge in [-0.3, -0.25) is 0 Å². The van der Waals surface area contributed by atoms with E-state index in [0.29, 0.717) is 13.2 Å². The second kappa shape index (κ2) is 8.32. The zero-order valence-electron chi connectivity index (χ0n) is 12.6. The standard InChI is InChI=1S/C16H25FN2O2/c1-2-18-12-13-4-3-5-15(17)16(13)19-8-6-14(7-9-19)21-11-10-20/h3-5,14,18,20H,2,6-12H2,1H3. The monoisotopic (exact) mass is 296 g/mol. The number of aliphatic hydroxyl groups excluding tert-OH is 1.